The number of esters is 2. The van der Waals surface area contributed by atoms with E-state index in [1.165, 1.54) is 13.8 Å². The van der Waals surface area contributed by atoms with E-state index in [-0.39, 0.29) is 12.2 Å². The first-order chi connectivity index (χ1) is 5.49. The molecule has 0 radical (unpaired) electrons. The molecule has 1 unspecified atom stereocenters. The lowest BCUT2D eigenvalue weighted by atomic mass is 10.2. The highest BCUT2D eigenvalue weighted by Crippen LogP contribution is 2.00. The molecular formula is C8H12O4. The predicted molar refractivity (Wildman–Crippen MR) is 42.2 cm³/mol. The third-order valence-corrected chi connectivity index (χ3v) is 1.22. The van der Waals surface area contributed by atoms with E-state index >= 15 is 0 Å². The molecular weight excluding hydrogens is 160 g/mol. The molecule has 0 aromatic rings. The van der Waals surface area contributed by atoms with E-state index in [4.69, 9.17) is 5.11 Å². The molecule has 0 saturated heterocycles. The summed E-state index contributed by atoms with van der Waals surface area (Å²) in [7, 11) is 0. The predicted octanol–water partition coefficient (Wildman–Crippen LogP) is 0.261. The molecule has 0 aliphatic heterocycles. The number of hydrogen-bond donors (Lipinski definition) is 1. The van der Waals surface area contributed by atoms with Gasteiger partial charge in [-0.2, -0.15) is 0 Å². The van der Waals surface area contributed by atoms with Gasteiger partial charge in [-0.1, -0.05) is 6.58 Å². The SMILES string of the molecule is C=C(C)C(=O)OC(=O)C(C)CO. The molecule has 0 spiro atoms. The number of aliphatic hydroxyl groups excluding tert-OH is 1. The number of carbonyl (C=O) groups is 2. The second-order valence-corrected chi connectivity index (χ2v) is 2.57. The summed E-state index contributed by atoms with van der Waals surface area (Å²) in [6, 6.07) is 0. The van der Waals surface area contributed by atoms with Crippen LogP contribution in [0.25, 0.3) is 0 Å². The van der Waals surface area contributed by atoms with Gasteiger partial charge in [0.15, 0.2) is 0 Å². The highest BCUT2D eigenvalue weighted by Gasteiger charge is 2.17. The number of carbonyl (C=O) groups excluding carboxylic acids is 2. The minimum atomic E-state index is -0.750. The Bertz CT molecular complexity index is 207. The average Bonchev–Trinajstić information content (AvgIpc) is 2.02. The van der Waals surface area contributed by atoms with Gasteiger partial charge in [0, 0.05) is 5.57 Å². The van der Waals surface area contributed by atoms with Gasteiger partial charge in [0.2, 0.25) is 0 Å². The highest BCUT2D eigenvalue weighted by atomic mass is 16.6. The second-order valence-electron chi connectivity index (χ2n) is 2.57. The zero-order chi connectivity index (χ0) is 9.72. The minimum Gasteiger partial charge on any atom is -0.395 e. The fourth-order valence-corrected chi connectivity index (χ4v) is 0.354. The van der Waals surface area contributed by atoms with E-state index in [9.17, 15) is 9.59 Å². The maximum Gasteiger partial charge on any atom is 0.340 e. The molecule has 12 heavy (non-hydrogen) atoms. The second kappa shape index (κ2) is 4.66. The summed E-state index contributed by atoms with van der Waals surface area (Å²) in [4.78, 5) is 21.6. The molecule has 0 amide bonds. The Kier molecular flexibility index (Phi) is 4.21. The quantitative estimate of drug-likeness (QED) is 0.377. The molecule has 0 heterocycles. The van der Waals surface area contributed by atoms with Gasteiger partial charge in [-0.05, 0) is 13.8 Å². The molecule has 0 bridgehead atoms. The van der Waals surface area contributed by atoms with E-state index < -0.39 is 17.9 Å². The molecule has 1 N–H and O–H groups in total. The summed E-state index contributed by atoms with van der Waals surface area (Å²) in [5, 5.41) is 8.52. The van der Waals surface area contributed by atoms with Crippen molar-refractivity contribution in [1.82, 2.24) is 0 Å². The largest absolute Gasteiger partial charge is 0.395 e. The van der Waals surface area contributed by atoms with Gasteiger partial charge in [0.25, 0.3) is 0 Å². The van der Waals surface area contributed by atoms with Crippen LogP contribution in [0.2, 0.25) is 0 Å². The molecule has 1 atom stereocenters. The van der Waals surface area contributed by atoms with Crippen LogP contribution in [0.4, 0.5) is 0 Å². The molecule has 4 nitrogen and oxygen atoms in total. The summed E-state index contributed by atoms with van der Waals surface area (Å²) in [5.41, 5.74) is 0.161. The van der Waals surface area contributed by atoms with Crippen LogP contribution in [0.3, 0.4) is 0 Å². The van der Waals surface area contributed by atoms with Crippen molar-refractivity contribution in [2.75, 3.05) is 6.61 Å². The third kappa shape index (κ3) is 3.30. The van der Waals surface area contributed by atoms with Gasteiger partial charge >= 0.3 is 11.9 Å². The number of hydrogen-bond acceptors (Lipinski definition) is 4. The summed E-state index contributed by atoms with van der Waals surface area (Å²) in [6.07, 6.45) is 0. The Morgan fingerprint density at radius 1 is 1.58 bits per heavy atom. The third-order valence-electron chi connectivity index (χ3n) is 1.22. The van der Waals surface area contributed by atoms with Crippen molar-refractivity contribution in [1.29, 1.82) is 0 Å². The summed E-state index contributed by atoms with van der Waals surface area (Å²) in [6.45, 7) is 5.88. The topological polar surface area (TPSA) is 63.6 Å². The van der Waals surface area contributed by atoms with E-state index in [0.717, 1.165) is 0 Å². The van der Waals surface area contributed by atoms with Crippen LogP contribution in [0, 0.1) is 5.92 Å². The van der Waals surface area contributed by atoms with E-state index in [2.05, 4.69) is 11.3 Å². The standard InChI is InChI=1S/C8H12O4/c1-5(2)7(10)12-8(11)6(3)4-9/h6,9H,1,4H2,2-3H3. The fourth-order valence-electron chi connectivity index (χ4n) is 0.354. The van der Waals surface area contributed by atoms with Crippen molar-refractivity contribution in [3.8, 4) is 0 Å². The lowest BCUT2D eigenvalue weighted by molar-refractivity contribution is -0.160. The molecule has 0 aromatic heterocycles. The monoisotopic (exact) mass is 172 g/mol. The Morgan fingerprint density at radius 2 is 2.08 bits per heavy atom. The first kappa shape index (κ1) is 10.8. The molecule has 0 saturated carbocycles. The molecule has 0 aliphatic rings. The highest BCUT2D eigenvalue weighted by molar-refractivity contribution is 5.95. The first-order valence-corrected chi connectivity index (χ1v) is 3.51. The van der Waals surface area contributed by atoms with Crippen molar-refractivity contribution in [3.05, 3.63) is 12.2 Å². The minimum absolute atomic E-state index is 0.161. The lowest BCUT2D eigenvalue weighted by Crippen LogP contribution is -2.21. The van der Waals surface area contributed by atoms with Gasteiger partial charge in [-0.15, -0.1) is 0 Å². The van der Waals surface area contributed by atoms with Gasteiger partial charge < -0.3 is 9.84 Å². The average molecular weight is 172 g/mol. The van der Waals surface area contributed by atoms with Gasteiger partial charge in [0.1, 0.15) is 0 Å². The van der Waals surface area contributed by atoms with Crippen molar-refractivity contribution in [3.63, 3.8) is 0 Å². The maximum atomic E-state index is 10.8. The number of aliphatic hydroxyl groups is 1. The summed E-state index contributed by atoms with van der Waals surface area (Å²) < 4.78 is 4.33. The van der Waals surface area contributed by atoms with E-state index in [0.29, 0.717) is 0 Å². The van der Waals surface area contributed by atoms with Crippen molar-refractivity contribution in [2.45, 2.75) is 13.8 Å². The Labute approximate surface area is 70.8 Å². The van der Waals surface area contributed by atoms with Gasteiger partial charge in [-0.25, -0.2) is 4.79 Å². The van der Waals surface area contributed by atoms with Crippen LogP contribution >= 0.6 is 0 Å². The zero-order valence-electron chi connectivity index (χ0n) is 7.16. The Balaban J connectivity index is 4.01. The van der Waals surface area contributed by atoms with Crippen LogP contribution in [0.1, 0.15) is 13.8 Å². The first-order valence-electron chi connectivity index (χ1n) is 3.51. The molecule has 68 valence electrons. The molecule has 0 aliphatic carbocycles. The van der Waals surface area contributed by atoms with Gasteiger partial charge in [0.05, 0.1) is 12.5 Å². The van der Waals surface area contributed by atoms with Crippen LogP contribution in [0.5, 0.6) is 0 Å². The molecule has 0 fully saturated rings. The summed E-state index contributed by atoms with van der Waals surface area (Å²) in [5.74, 6) is -2.15. The maximum absolute atomic E-state index is 10.8. The Hall–Kier alpha value is -1.16. The molecule has 0 rings (SSSR count). The summed E-state index contributed by atoms with van der Waals surface area (Å²) >= 11 is 0. The normalized spacial score (nSPS) is 11.9. The van der Waals surface area contributed by atoms with Crippen molar-refractivity contribution < 1.29 is 19.4 Å². The lowest BCUT2D eigenvalue weighted by Gasteiger charge is -2.05. The molecule has 0 aromatic carbocycles. The number of ether oxygens (including phenoxy) is 1. The van der Waals surface area contributed by atoms with Crippen LogP contribution < -0.4 is 0 Å². The Morgan fingerprint density at radius 3 is 2.42 bits per heavy atom. The zero-order valence-corrected chi connectivity index (χ0v) is 7.16. The smallest absolute Gasteiger partial charge is 0.340 e. The van der Waals surface area contributed by atoms with E-state index in [1.54, 1.807) is 0 Å². The van der Waals surface area contributed by atoms with Crippen LogP contribution in [-0.4, -0.2) is 23.7 Å². The van der Waals surface area contributed by atoms with Crippen LogP contribution in [0.15, 0.2) is 12.2 Å². The van der Waals surface area contributed by atoms with Crippen molar-refractivity contribution in [2.24, 2.45) is 5.92 Å². The van der Waals surface area contributed by atoms with E-state index in [1.807, 2.05) is 0 Å². The fraction of sp³-hybridized carbons (Fsp3) is 0.500. The van der Waals surface area contributed by atoms with Gasteiger partial charge in [-0.3, -0.25) is 4.79 Å². The number of rotatable bonds is 3. The van der Waals surface area contributed by atoms with Crippen LogP contribution in [-0.2, 0) is 14.3 Å². The van der Waals surface area contributed by atoms with Crippen molar-refractivity contribution >= 4 is 11.9 Å². The molecule has 4 heteroatoms.